The summed E-state index contributed by atoms with van der Waals surface area (Å²) in [5, 5.41) is 3.91. The first kappa shape index (κ1) is 10.3. The molecule has 0 saturated carbocycles. The van der Waals surface area contributed by atoms with E-state index in [2.05, 4.69) is 31.0 Å². The lowest BCUT2D eigenvalue weighted by atomic mass is 10.1. The van der Waals surface area contributed by atoms with Gasteiger partial charge in [-0.1, -0.05) is 48.5 Å². The highest BCUT2D eigenvalue weighted by atomic mass is 35.5. The van der Waals surface area contributed by atoms with Crippen LogP contribution in [0, 0.1) is 0 Å². The molecule has 0 amide bonds. The second-order valence-corrected chi connectivity index (χ2v) is 3.57. The number of rotatable bonds is 4. The van der Waals surface area contributed by atoms with Crippen molar-refractivity contribution in [1.29, 1.82) is 0 Å². The second kappa shape index (κ2) is 5.05. The van der Waals surface area contributed by atoms with E-state index in [0.29, 0.717) is 17.6 Å². The first-order valence-corrected chi connectivity index (χ1v) is 4.69. The van der Waals surface area contributed by atoms with E-state index in [1.807, 2.05) is 18.2 Å². The molecule has 0 heterocycles. The molecule has 0 aromatic heterocycles. The van der Waals surface area contributed by atoms with E-state index in [9.17, 15) is 0 Å². The Labute approximate surface area is 84.4 Å². The number of benzene rings is 1. The molecule has 0 spiro atoms. The fraction of sp³-hybridized carbons (Fsp3) is 0.273. The molecule has 1 rings (SSSR count). The van der Waals surface area contributed by atoms with Crippen molar-refractivity contribution in [3.63, 3.8) is 0 Å². The van der Waals surface area contributed by atoms with E-state index in [4.69, 9.17) is 11.6 Å². The van der Waals surface area contributed by atoms with E-state index >= 15 is 0 Å². The van der Waals surface area contributed by atoms with Crippen molar-refractivity contribution in [2.24, 2.45) is 0 Å². The molecule has 1 aromatic carbocycles. The molecular formula is C11H14ClN. The van der Waals surface area contributed by atoms with Crippen molar-refractivity contribution < 1.29 is 0 Å². The summed E-state index contributed by atoms with van der Waals surface area (Å²) in [6.07, 6.45) is 0. The van der Waals surface area contributed by atoms with E-state index < -0.39 is 0 Å². The van der Waals surface area contributed by atoms with E-state index in [1.54, 1.807) is 0 Å². The fourth-order valence-corrected chi connectivity index (χ4v) is 1.20. The summed E-state index contributed by atoms with van der Waals surface area (Å²) in [6, 6.07) is 10.6. The lowest BCUT2D eigenvalue weighted by Gasteiger charge is -2.13. The van der Waals surface area contributed by atoms with Gasteiger partial charge in [-0.15, -0.1) is 0 Å². The van der Waals surface area contributed by atoms with Crippen molar-refractivity contribution in [3.05, 3.63) is 47.5 Å². The summed E-state index contributed by atoms with van der Waals surface area (Å²) in [7, 11) is 0. The van der Waals surface area contributed by atoms with Crippen LogP contribution in [-0.4, -0.2) is 6.54 Å². The van der Waals surface area contributed by atoms with Gasteiger partial charge in [0, 0.05) is 17.6 Å². The van der Waals surface area contributed by atoms with Gasteiger partial charge in [0.1, 0.15) is 0 Å². The van der Waals surface area contributed by atoms with Crippen LogP contribution in [0.25, 0.3) is 0 Å². The zero-order valence-corrected chi connectivity index (χ0v) is 8.51. The van der Waals surface area contributed by atoms with Crippen molar-refractivity contribution in [2.45, 2.75) is 13.0 Å². The van der Waals surface area contributed by atoms with Gasteiger partial charge in [0.25, 0.3) is 0 Å². The fourth-order valence-electron chi connectivity index (χ4n) is 1.12. The van der Waals surface area contributed by atoms with Crippen LogP contribution in [0.1, 0.15) is 18.5 Å². The molecule has 1 nitrogen and oxygen atoms in total. The highest BCUT2D eigenvalue weighted by Gasteiger charge is 2.02. The summed E-state index contributed by atoms with van der Waals surface area (Å²) < 4.78 is 0. The lowest BCUT2D eigenvalue weighted by molar-refractivity contribution is 0.614. The second-order valence-electron chi connectivity index (χ2n) is 3.03. The van der Waals surface area contributed by atoms with Crippen LogP contribution < -0.4 is 5.32 Å². The zero-order chi connectivity index (χ0) is 9.68. The predicted octanol–water partition coefficient (Wildman–Crippen LogP) is 3.09. The maximum absolute atomic E-state index is 5.65. The molecule has 1 N–H and O–H groups in total. The van der Waals surface area contributed by atoms with Crippen LogP contribution in [0.5, 0.6) is 0 Å². The van der Waals surface area contributed by atoms with Gasteiger partial charge in [-0.25, -0.2) is 0 Å². The molecule has 0 bridgehead atoms. The molecule has 1 aromatic rings. The number of hydrogen-bond acceptors (Lipinski definition) is 1. The quantitative estimate of drug-likeness (QED) is 0.779. The molecule has 0 aliphatic carbocycles. The molecule has 1 atom stereocenters. The highest BCUT2D eigenvalue weighted by Crippen LogP contribution is 2.11. The Morgan fingerprint density at radius 2 is 2.08 bits per heavy atom. The lowest BCUT2D eigenvalue weighted by Crippen LogP contribution is -2.19. The minimum Gasteiger partial charge on any atom is -0.305 e. The summed E-state index contributed by atoms with van der Waals surface area (Å²) >= 11 is 5.65. The van der Waals surface area contributed by atoms with Crippen molar-refractivity contribution in [3.8, 4) is 0 Å². The van der Waals surface area contributed by atoms with E-state index in [-0.39, 0.29) is 0 Å². The monoisotopic (exact) mass is 195 g/mol. The van der Waals surface area contributed by atoms with Gasteiger partial charge in [0.15, 0.2) is 0 Å². The van der Waals surface area contributed by atoms with Crippen molar-refractivity contribution in [1.82, 2.24) is 5.32 Å². The first-order chi connectivity index (χ1) is 6.20. The Morgan fingerprint density at radius 3 is 2.62 bits per heavy atom. The van der Waals surface area contributed by atoms with E-state index in [0.717, 1.165) is 0 Å². The summed E-state index contributed by atoms with van der Waals surface area (Å²) in [5.74, 6) is 0. The third kappa shape index (κ3) is 3.62. The number of hydrogen-bond donors (Lipinski definition) is 1. The van der Waals surface area contributed by atoms with Gasteiger partial charge < -0.3 is 5.32 Å². The number of halogens is 1. The third-order valence-electron chi connectivity index (χ3n) is 1.90. The largest absolute Gasteiger partial charge is 0.305 e. The van der Waals surface area contributed by atoms with Crippen molar-refractivity contribution in [2.75, 3.05) is 6.54 Å². The van der Waals surface area contributed by atoms with Crippen LogP contribution in [0.4, 0.5) is 0 Å². The van der Waals surface area contributed by atoms with E-state index in [1.165, 1.54) is 5.56 Å². The van der Waals surface area contributed by atoms with Crippen LogP contribution in [0.3, 0.4) is 0 Å². The minimum absolute atomic E-state index is 0.316. The topological polar surface area (TPSA) is 12.0 Å². The molecular weight excluding hydrogens is 182 g/mol. The maximum Gasteiger partial charge on any atom is 0.0313 e. The highest BCUT2D eigenvalue weighted by molar-refractivity contribution is 6.29. The summed E-state index contributed by atoms with van der Waals surface area (Å²) in [6.45, 7) is 6.38. The molecule has 70 valence electrons. The smallest absolute Gasteiger partial charge is 0.0313 e. The Balaban J connectivity index is 2.49. The van der Waals surface area contributed by atoms with Gasteiger partial charge in [-0.05, 0) is 12.5 Å². The number of nitrogens with one attached hydrogen (secondary N) is 1. The SMILES string of the molecule is C=C(Cl)CNC(C)c1ccccc1. The molecule has 0 fully saturated rings. The van der Waals surface area contributed by atoms with Gasteiger partial charge in [0.05, 0.1) is 0 Å². The van der Waals surface area contributed by atoms with Crippen LogP contribution in [0.15, 0.2) is 41.9 Å². The molecule has 0 aliphatic rings. The Morgan fingerprint density at radius 1 is 1.46 bits per heavy atom. The first-order valence-electron chi connectivity index (χ1n) is 4.32. The minimum atomic E-state index is 0.316. The third-order valence-corrected chi connectivity index (χ3v) is 2.03. The standard InChI is InChI=1S/C11H14ClN/c1-9(12)8-13-10(2)11-6-4-3-5-7-11/h3-7,10,13H,1,8H2,2H3. The zero-order valence-electron chi connectivity index (χ0n) is 7.76. The van der Waals surface area contributed by atoms with Gasteiger partial charge >= 0.3 is 0 Å². The molecule has 0 saturated heterocycles. The maximum atomic E-state index is 5.65. The molecule has 0 radical (unpaired) electrons. The Kier molecular flexibility index (Phi) is 4.00. The van der Waals surface area contributed by atoms with Gasteiger partial charge in [-0.2, -0.15) is 0 Å². The van der Waals surface area contributed by atoms with Crippen LogP contribution in [0.2, 0.25) is 0 Å². The van der Waals surface area contributed by atoms with Crippen LogP contribution >= 0.6 is 11.6 Å². The summed E-state index contributed by atoms with van der Waals surface area (Å²) in [5.41, 5.74) is 1.26. The molecule has 13 heavy (non-hydrogen) atoms. The van der Waals surface area contributed by atoms with Crippen LogP contribution in [-0.2, 0) is 0 Å². The van der Waals surface area contributed by atoms with Gasteiger partial charge in [-0.3, -0.25) is 0 Å². The molecule has 2 heteroatoms. The summed E-state index contributed by atoms with van der Waals surface area (Å²) in [4.78, 5) is 0. The predicted molar refractivity (Wildman–Crippen MR) is 57.9 cm³/mol. The molecule has 0 aliphatic heterocycles. The average molecular weight is 196 g/mol. The average Bonchev–Trinajstić information content (AvgIpc) is 2.15. The Bertz CT molecular complexity index is 269. The van der Waals surface area contributed by atoms with Gasteiger partial charge in [0.2, 0.25) is 0 Å². The normalized spacial score (nSPS) is 12.5. The molecule has 1 unspecified atom stereocenters. The van der Waals surface area contributed by atoms with Crippen molar-refractivity contribution >= 4 is 11.6 Å². The Hall–Kier alpha value is -0.790.